The lowest BCUT2D eigenvalue weighted by Gasteiger charge is -2.38. The fourth-order valence-corrected chi connectivity index (χ4v) is 2.08. The van der Waals surface area contributed by atoms with Gasteiger partial charge in [-0.05, 0) is 14.0 Å². The van der Waals surface area contributed by atoms with Gasteiger partial charge in [-0.2, -0.15) is 0 Å². The van der Waals surface area contributed by atoms with Crippen LogP contribution in [0.2, 0.25) is 0 Å². The minimum atomic E-state index is 0.0116. The van der Waals surface area contributed by atoms with Crippen molar-refractivity contribution in [2.45, 2.75) is 31.5 Å². The van der Waals surface area contributed by atoms with E-state index in [1.807, 2.05) is 0 Å². The maximum absolute atomic E-state index is 5.85. The van der Waals surface area contributed by atoms with E-state index >= 15 is 0 Å². The van der Waals surface area contributed by atoms with Gasteiger partial charge < -0.3 is 9.47 Å². The second-order valence-corrected chi connectivity index (χ2v) is 3.83. The van der Waals surface area contributed by atoms with Crippen molar-refractivity contribution in [1.29, 1.82) is 0 Å². The highest BCUT2D eigenvalue weighted by molar-refractivity contribution is 4.90. The van der Waals surface area contributed by atoms with Crippen LogP contribution in [0.15, 0.2) is 0 Å². The summed E-state index contributed by atoms with van der Waals surface area (Å²) in [7, 11) is 2.16. The molecule has 2 rings (SSSR count). The van der Waals surface area contributed by atoms with Crippen molar-refractivity contribution in [3.8, 4) is 0 Å². The third-order valence-corrected chi connectivity index (χ3v) is 3.17. The molecule has 1 atom stereocenters. The first kappa shape index (κ1) is 8.48. The van der Waals surface area contributed by atoms with Gasteiger partial charge in [-0.3, -0.25) is 4.90 Å². The summed E-state index contributed by atoms with van der Waals surface area (Å²) in [6, 6.07) is 0.558. The van der Waals surface area contributed by atoms with Crippen LogP contribution in [0.4, 0.5) is 0 Å². The van der Waals surface area contributed by atoms with Crippen LogP contribution in [0, 0.1) is 0 Å². The summed E-state index contributed by atoms with van der Waals surface area (Å²) in [6.07, 6.45) is 2.04. The van der Waals surface area contributed by atoms with E-state index in [-0.39, 0.29) is 5.72 Å². The Labute approximate surface area is 73.6 Å². The molecule has 0 radical (unpaired) electrons. The minimum Gasteiger partial charge on any atom is -0.381 e. The Morgan fingerprint density at radius 1 is 1.33 bits per heavy atom. The predicted molar refractivity (Wildman–Crippen MR) is 46.0 cm³/mol. The quantitative estimate of drug-likeness (QED) is 0.539. The SMILES string of the molecule is C[C@@H]1COC2(CCOCC2)N1C. The molecule has 0 N–H and O–H groups in total. The molecular formula is C9H17NO2. The van der Waals surface area contributed by atoms with Crippen LogP contribution in [0.1, 0.15) is 19.8 Å². The molecule has 0 bridgehead atoms. The van der Waals surface area contributed by atoms with Crippen LogP contribution >= 0.6 is 0 Å². The van der Waals surface area contributed by atoms with Crippen molar-refractivity contribution in [3.63, 3.8) is 0 Å². The third kappa shape index (κ3) is 1.16. The second kappa shape index (κ2) is 2.98. The lowest BCUT2D eigenvalue weighted by atomic mass is 10.0. The average Bonchev–Trinajstić information content (AvgIpc) is 2.37. The van der Waals surface area contributed by atoms with Crippen LogP contribution in [-0.2, 0) is 9.47 Å². The zero-order valence-electron chi connectivity index (χ0n) is 7.88. The lowest BCUT2D eigenvalue weighted by Crippen LogP contribution is -2.48. The molecule has 1 spiro atoms. The second-order valence-electron chi connectivity index (χ2n) is 3.83. The zero-order chi connectivity index (χ0) is 8.60. The van der Waals surface area contributed by atoms with Gasteiger partial charge in [0.2, 0.25) is 0 Å². The highest BCUT2D eigenvalue weighted by Crippen LogP contribution is 2.34. The van der Waals surface area contributed by atoms with Crippen LogP contribution in [0.25, 0.3) is 0 Å². The molecule has 2 aliphatic heterocycles. The van der Waals surface area contributed by atoms with Gasteiger partial charge in [-0.15, -0.1) is 0 Å². The first-order valence-electron chi connectivity index (χ1n) is 4.69. The summed E-state index contributed by atoms with van der Waals surface area (Å²) in [4.78, 5) is 2.36. The Morgan fingerprint density at radius 3 is 2.50 bits per heavy atom. The largest absolute Gasteiger partial charge is 0.381 e. The summed E-state index contributed by atoms with van der Waals surface area (Å²) in [5.74, 6) is 0. The van der Waals surface area contributed by atoms with Crippen molar-refractivity contribution in [3.05, 3.63) is 0 Å². The predicted octanol–water partition coefficient (Wildman–Crippen LogP) is 0.844. The molecule has 0 amide bonds. The molecule has 0 aromatic rings. The van der Waals surface area contributed by atoms with E-state index < -0.39 is 0 Å². The molecule has 2 saturated heterocycles. The van der Waals surface area contributed by atoms with E-state index in [1.54, 1.807) is 0 Å². The molecular weight excluding hydrogens is 154 g/mol. The number of nitrogens with zero attached hydrogens (tertiary/aromatic N) is 1. The molecule has 2 heterocycles. The van der Waals surface area contributed by atoms with Crippen molar-refractivity contribution >= 4 is 0 Å². The standard InChI is InChI=1S/C9H17NO2/c1-8-7-12-9(10(8)2)3-5-11-6-4-9/h8H,3-7H2,1-2H3/t8-/m1/s1. The van der Waals surface area contributed by atoms with E-state index in [4.69, 9.17) is 9.47 Å². The molecule has 2 aliphatic rings. The first-order valence-corrected chi connectivity index (χ1v) is 4.69. The zero-order valence-corrected chi connectivity index (χ0v) is 7.88. The highest BCUT2D eigenvalue weighted by atomic mass is 16.5. The van der Waals surface area contributed by atoms with Gasteiger partial charge >= 0.3 is 0 Å². The van der Waals surface area contributed by atoms with Gasteiger partial charge in [0.15, 0.2) is 0 Å². The molecule has 0 saturated carbocycles. The molecule has 0 aromatic heterocycles. The fourth-order valence-electron chi connectivity index (χ4n) is 2.08. The van der Waals surface area contributed by atoms with Gasteiger partial charge in [0.25, 0.3) is 0 Å². The van der Waals surface area contributed by atoms with E-state index in [2.05, 4.69) is 18.9 Å². The summed E-state index contributed by atoms with van der Waals surface area (Å²) in [5, 5.41) is 0. The Bertz CT molecular complexity index is 160. The minimum absolute atomic E-state index is 0.0116. The molecule has 70 valence electrons. The van der Waals surface area contributed by atoms with Crippen molar-refractivity contribution in [1.82, 2.24) is 4.90 Å². The van der Waals surface area contributed by atoms with Crippen LogP contribution in [0.5, 0.6) is 0 Å². The number of ether oxygens (including phenoxy) is 2. The first-order chi connectivity index (χ1) is 5.75. The third-order valence-electron chi connectivity index (χ3n) is 3.17. The Kier molecular flexibility index (Phi) is 2.10. The van der Waals surface area contributed by atoms with Gasteiger partial charge in [0.1, 0.15) is 5.72 Å². The Morgan fingerprint density at radius 2 is 2.00 bits per heavy atom. The maximum Gasteiger partial charge on any atom is 0.126 e. The molecule has 0 aromatic carbocycles. The smallest absolute Gasteiger partial charge is 0.126 e. The number of rotatable bonds is 0. The van der Waals surface area contributed by atoms with Crippen molar-refractivity contribution in [2.75, 3.05) is 26.9 Å². The molecule has 0 unspecified atom stereocenters. The summed E-state index contributed by atoms with van der Waals surface area (Å²) in [6.45, 7) is 4.77. The van der Waals surface area contributed by atoms with Gasteiger partial charge in [-0.25, -0.2) is 0 Å². The topological polar surface area (TPSA) is 21.7 Å². The fraction of sp³-hybridized carbons (Fsp3) is 1.00. The number of likely N-dealkylation sites (N-methyl/N-ethyl adjacent to an activating group) is 1. The van der Waals surface area contributed by atoms with Crippen LogP contribution < -0.4 is 0 Å². The number of hydrogen-bond donors (Lipinski definition) is 0. The maximum atomic E-state index is 5.85. The van der Waals surface area contributed by atoms with E-state index in [0.717, 1.165) is 32.7 Å². The van der Waals surface area contributed by atoms with E-state index in [1.165, 1.54) is 0 Å². The summed E-state index contributed by atoms with van der Waals surface area (Å²) >= 11 is 0. The van der Waals surface area contributed by atoms with E-state index in [0.29, 0.717) is 6.04 Å². The number of hydrogen-bond acceptors (Lipinski definition) is 3. The highest BCUT2D eigenvalue weighted by Gasteiger charge is 2.44. The molecule has 3 heteroatoms. The van der Waals surface area contributed by atoms with Crippen molar-refractivity contribution in [2.24, 2.45) is 0 Å². The van der Waals surface area contributed by atoms with Gasteiger partial charge in [-0.1, -0.05) is 0 Å². The monoisotopic (exact) mass is 171 g/mol. The Balaban J connectivity index is 2.09. The normalized spacial score (nSPS) is 36.0. The molecule has 2 fully saturated rings. The van der Waals surface area contributed by atoms with Crippen LogP contribution in [0.3, 0.4) is 0 Å². The summed E-state index contributed by atoms with van der Waals surface area (Å²) in [5.41, 5.74) is 0.0116. The molecule has 12 heavy (non-hydrogen) atoms. The molecule has 3 nitrogen and oxygen atoms in total. The van der Waals surface area contributed by atoms with Crippen LogP contribution in [-0.4, -0.2) is 43.5 Å². The average molecular weight is 171 g/mol. The van der Waals surface area contributed by atoms with E-state index in [9.17, 15) is 0 Å². The van der Waals surface area contributed by atoms with Gasteiger partial charge in [0, 0.05) is 18.9 Å². The Hall–Kier alpha value is -0.120. The lowest BCUT2D eigenvalue weighted by molar-refractivity contribution is -0.137. The van der Waals surface area contributed by atoms with Crippen molar-refractivity contribution < 1.29 is 9.47 Å². The van der Waals surface area contributed by atoms with Gasteiger partial charge in [0.05, 0.1) is 19.8 Å². The molecule has 0 aliphatic carbocycles. The summed E-state index contributed by atoms with van der Waals surface area (Å²) < 4.78 is 11.2.